The maximum Gasteiger partial charge on any atom is 0.0485 e. The van der Waals surface area contributed by atoms with Crippen molar-refractivity contribution in [3.8, 4) is 0 Å². The first kappa shape index (κ1) is 11.9. The highest BCUT2D eigenvalue weighted by molar-refractivity contribution is 7.12. The summed E-state index contributed by atoms with van der Waals surface area (Å²) in [7, 11) is 0. The number of thiophene rings is 1. The molecule has 2 unspecified atom stereocenters. The second-order valence-electron chi connectivity index (χ2n) is 5.11. The molecule has 0 saturated heterocycles. The van der Waals surface area contributed by atoms with E-state index in [1.807, 2.05) is 23.6 Å². The van der Waals surface area contributed by atoms with E-state index in [4.69, 9.17) is 5.73 Å². The SMILES string of the molecule is Cc1cc(C(N)C2CCc3cccnc32)sc1C. The second kappa shape index (κ2) is 4.48. The molecule has 2 heterocycles. The number of nitrogens with two attached hydrogens (primary N) is 1. The predicted molar refractivity (Wildman–Crippen MR) is 76.0 cm³/mol. The van der Waals surface area contributed by atoms with Gasteiger partial charge in [0.05, 0.1) is 0 Å². The molecule has 2 aromatic heterocycles. The fourth-order valence-electron chi connectivity index (χ4n) is 2.76. The summed E-state index contributed by atoms with van der Waals surface area (Å²) in [5.41, 5.74) is 10.4. The molecule has 0 saturated carbocycles. The third-order valence-corrected chi connectivity index (χ3v) is 5.20. The monoisotopic (exact) mass is 258 g/mol. The molecule has 3 rings (SSSR count). The Morgan fingerprint density at radius 2 is 2.28 bits per heavy atom. The average Bonchev–Trinajstić information content (AvgIpc) is 2.93. The van der Waals surface area contributed by atoms with Crippen molar-refractivity contribution in [2.45, 2.75) is 38.6 Å². The lowest BCUT2D eigenvalue weighted by Crippen LogP contribution is -2.17. The van der Waals surface area contributed by atoms with Crippen LogP contribution in [0.25, 0.3) is 0 Å². The van der Waals surface area contributed by atoms with E-state index in [9.17, 15) is 0 Å². The Labute approximate surface area is 112 Å². The van der Waals surface area contributed by atoms with Crippen molar-refractivity contribution in [3.05, 3.63) is 51.0 Å². The third kappa shape index (κ3) is 1.88. The van der Waals surface area contributed by atoms with Crippen molar-refractivity contribution in [2.75, 3.05) is 0 Å². The van der Waals surface area contributed by atoms with Crippen LogP contribution in [0.3, 0.4) is 0 Å². The molecule has 2 atom stereocenters. The van der Waals surface area contributed by atoms with Crippen LogP contribution in [-0.2, 0) is 6.42 Å². The van der Waals surface area contributed by atoms with E-state index >= 15 is 0 Å². The summed E-state index contributed by atoms with van der Waals surface area (Å²) in [4.78, 5) is 7.22. The first-order valence-corrected chi connectivity index (χ1v) is 7.25. The molecule has 0 fully saturated rings. The molecule has 0 aliphatic heterocycles. The van der Waals surface area contributed by atoms with Gasteiger partial charge in [-0.1, -0.05) is 6.07 Å². The Morgan fingerprint density at radius 1 is 1.44 bits per heavy atom. The zero-order valence-corrected chi connectivity index (χ0v) is 11.6. The first-order valence-electron chi connectivity index (χ1n) is 6.43. The maximum absolute atomic E-state index is 6.47. The minimum Gasteiger partial charge on any atom is -0.323 e. The van der Waals surface area contributed by atoms with Crippen LogP contribution in [0.15, 0.2) is 24.4 Å². The van der Waals surface area contributed by atoms with E-state index in [-0.39, 0.29) is 6.04 Å². The zero-order valence-electron chi connectivity index (χ0n) is 10.8. The Kier molecular flexibility index (Phi) is 2.96. The molecular formula is C15H18N2S. The molecule has 2 nitrogen and oxygen atoms in total. The van der Waals surface area contributed by atoms with Gasteiger partial charge in [0.1, 0.15) is 0 Å². The van der Waals surface area contributed by atoms with Gasteiger partial charge in [-0.15, -0.1) is 11.3 Å². The van der Waals surface area contributed by atoms with Gasteiger partial charge in [-0.25, -0.2) is 0 Å². The Bertz CT molecular complexity index is 554. The van der Waals surface area contributed by atoms with Crippen molar-refractivity contribution < 1.29 is 0 Å². The fraction of sp³-hybridized carbons (Fsp3) is 0.400. The largest absolute Gasteiger partial charge is 0.323 e. The van der Waals surface area contributed by atoms with Gasteiger partial charge in [0.2, 0.25) is 0 Å². The summed E-state index contributed by atoms with van der Waals surface area (Å²) in [6, 6.07) is 6.54. The lowest BCUT2D eigenvalue weighted by atomic mass is 9.96. The lowest BCUT2D eigenvalue weighted by molar-refractivity contribution is 0.548. The molecule has 0 aromatic carbocycles. The van der Waals surface area contributed by atoms with Crippen molar-refractivity contribution in [2.24, 2.45) is 5.73 Å². The minimum atomic E-state index is 0.0959. The molecular weight excluding hydrogens is 240 g/mol. The quantitative estimate of drug-likeness (QED) is 0.895. The van der Waals surface area contributed by atoms with Crippen LogP contribution in [0.1, 0.15) is 45.0 Å². The van der Waals surface area contributed by atoms with Crippen molar-refractivity contribution in [1.82, 2.24) is 4.98 Å². The lowest BCUT2D eigenvalue weighted by Gasteiger charge is -2.18. The van der Waals surface area contributed by atoms with Gasteiger partial charge in [-0.2, -0.15) is 0 Å². The molecule has 0 spiro atoms. The number of fused-ring (bicyclic) bond motifs is 1. The zero-order chi connectivity index (χ0) is 12.7. The summed E-state index contributed by atoms with van der Waals surface area (Å²) >= 11 is 1.83. The highest BCUT2D eigenvalue weighted by Gasteiger charge is 2.30. The third-order valence-electron chi connectivity index (χ3n) is 3.95. The van der Waals surface area contributed by atoms with Crippen LogP contribution in [-0.4, -0.2) is 4.98 Å². The molecule has 94 valence electrons. The van der Waals surface area contributed by atoms with Gasteiger partial charge in [-0.3, -0.25) is 4.98 Å². The van der Waals surface area contributed by atoms with E-state index < -0.39 is 0 Å². The standard InChI is InChI=1S/C15H18N2S/c1-9-8-13(18-10(9)2)14(16)12-6-5-11-4-3-7-17-15(11)12/h3-4,7-8,12,14H,5-6,16H2,1-2H3. The number of aromatic nitrogens is 1. The Morgan fingerprint density at radius 3 is 3.00 bits per heavy atom. The molecule has 3 heteroatoms. The van der Waals surface area contributed by atoms with E-state index in [0.717, 1.165) is 12.8 Å². The van der Waals surface area contributed by atoms with E-state index in [1.54, 1.807) is 0 Å². The van der Waals surface area contributed by atoms with E-state index in [2.05, 4.69) is 31.0 Å². The van der Waals surface area contributed by atoms with Crippen molar-refractivity contribution in [3.63, 3.8) is 0 Å². The Hall–Kier alpha value is -1.19. The number of aryl methyl sites for hydroxylation is 3. The van der Waals surface area contributed by atoms with Gasteiger partial charge < -0.3 is 5.73 Å². The predicted octanol–water partition coefficient (Wildman–Crippen LogP) is 3.49. The molecule has 0 bridgehead atoms. The molecule has 2 N–H and O–H groups in total. The van der Waals surface area contributed by atoms with Crippen LogP contribution in [0.2, 0.25) is 0 Å². The second-order valence-corrected chi connectivity index (χ2v) is 6.39. The highest BCUT2D eigenvalue weighted by Crippen LogP contribution is 2.41. The van der Waals surface area contributed by atoms with E-state index in [1.165, 1.54) is 26.6 Å². The van der Waals surface area contributed by atoms with Crippen LogP contribution < -0.4 is 5.73 Å². The van der Waals surface area contributed by atoms with Crippen LogP contribution in [0.5, 0.6) is 0 Å². The topological polar surface area (TPSA) is 38.9 Å². The van der Waals surface area contributed by atoms with Gasteiger partial charge in [0.15, 0.2) is 0 Å². The van der Waals surface area contributed by atoms with Gasteiger partial charge >= 0.3 is 0 Å². The Balaban J connectivity index is 1.92. The normalized spacial score (nSPS) is 19.8. The van der Waals surface area contributed by atoms with Gasteiger partial charge in [0, 0.05) is 33.6 Å². The van der Waals surface area contributed by atoms with Gasteiger partial charge in [-0.05, 0) is 49.9 Å². The summed E-state index contributed by atoms with van der Waals surface area (Å²) in [5, 5.41) is 0. The van der Waals surface area contributed by atoms with Crippen LogP contribution in [0, 0.1) is 13.8 Å². The van der Waals surface area contributed by atoms with E-state index in [0.29, 0.717) is 5.92 Å². The minimum absolute atomic E-state index is 0.0959. The number of pyridine rings is 1. The molecule has 18 heavy (non-hydrogen) atoms. The first-order chi connectivity index (χ1) is 8.66. The number of nitrogens with zero attached hydrogens (tertiary/aromatic N) is 1. The maximum atomic E-state index is 6.47. The molecule has 1 aliphatic rings. The van der Waals surface area contributed by atoms with Gasteiger partial charge in [0.25, 0.3) is 0 Å². The van der Waals surface area contributed by atoms with Crippen LogP contribution >= 0.6 is 11.3 Å². The highest BCUT2D eigenvalue weighted by atomic mass is 32.1. The average molecular weight is 258 g/mol. The summed E-state index contributed by atoms with van der Waals surface area (Å²) in [6.07, 6.45) is 4.13. The fourth-order valence-corrected chi connectivity index (χ4v) is 3.87. The van der Waals surface area contributed by atoms with Crippen LogP contribution in [0.4, 0.5) is 0 Å². The molecule has 0 radical (unpaired) electrons. The van der Waals surface area contributed by atoms with Crippen molar-refractivity contribution in [1.29, 1.82) is 0 Å². The summed E-state index contributed by atoms with van der Waals surface area (Å²) in [6.45, 7) is 4.32. The molecule has 2 aromatic rings. The number of hydrogen-bond acceptors (Lipinski definition) is 3. The molecule has 0 amide bonds. The number of rotatable bonds is 2. The van der Waals surface area contributed by atoms with Crippen molar-refractivity contribution >= 4 is 11.3 Å². The smallest absolute Gasteiger partial charge is 0.0485 e. The summed E-state index contributed by atoms with van der Waals surface area (Å²) in [5.74, 6) is 0.388. The molecule has 1 aliphatic carbocycles. The number of hydrogen-bond donors (Lipinski definition) is 1. The summed E-state index contributed by atoms with van der Waals surface area (Å²) < 4.78 is 0.